The van der Waals surface area contributed by atoms with E-state index >= 15 is 0 Å². The highest BCUT2D eigenvalue weighted by molar-refractivity contribution is 7.94. The number of fused-ring (bicyclic) bond motifs is 1. The summed E-state index contributed by atoms with van der Waals surface area (Å²) in [4.78, 5) is 2.16. The zero-order valence-corrected chi connectivity index (χ0v) is 11.2. The zero-order valence-electron chi connectivity index (χ0n) is 10.4. The van der Waals surface area contributed by atoms with E-state index in [-0.39, 0.29) is 5.03 Å². The van der Waals surface area contributed by atoms with Crippen LogP contribution in [0, 0.1) is 0 Å². The van der Waals surface area contributed by atoms with E-state index in [4.69, 9.17) is 5.73 Å². The van der Waals surface area contributed by atoms with Crippen LogP contribution in [0.1, 0.15) is 12.0 Å². The number of benzene rings is 1. The lowest BCUT2D eigenvalue weighted by Crippen LogP contribution is -2.33. The Labute approximate surface area is 112 Å². The summed E-state index contributed by atoms with van der Waals surface area (Å²) in [6, 6.07) is 8.19. The molecule has 6 heteroatoms. The fourth-order valence-electron chi connectivity index (χ4n) is 2.52. The van der Waals surface area contributed by atoms with Gasteiger partial charge in [-0.2, -0.15) is 12.8 Å². The van der Waals surface area contributed by atoms with Gasteiger partial charge < -0.3 is 10.6 Å². The molecular formula is C13H15N3O2S. The van der Waals surface area contributed by atoms with Gasteiger partial charge >= 0.3 is 0 Å². The molecule has 0 atom stereocenters. The second-order valence-corrected chi connectivity index (χ2v) is 6.36. The average molecular weight is 277 g/mol. The first-order valence-electron chi connectivity index (χ1n) is 6.20. The van der Waals surface area contributed by atoms with Crippen LogP contribution in [0.25, 0.3) is 0 Å². The SMILES string of the molecule is NC1=CC(CN2CCCc3ccccc32)=NS1(=O)=O. The maximum Gasteiger partial charge on any atom is 0.297 e. The Hall–Kier alpha value is -1.82. The Kier molecular flexibility index (Phi) is 2.82. The number of hydrogen-bond acceptors (Lipinski definition) is 4. The molecule has 0 aliphatic carbocycles. The highest BCUT2D eigenvalue weighted by Gasteiger charge is 2.24. The highest BCUT2D eigenvalue weighted by Crippen LogP contribution is 2.27. The van der Waals surface area contributed by atoms with Crippen LogP contribution >= 0.6 is 0 Å². The van der Waals surface area contributed by atoms with Gasteiger partial charge in [-0.1, -0.05) is 18.2 Å². The van der Waals surface area contributed by atoms with Gasteiger partial charge in [-0.25, -0.2) is 0 Å². The third-order valence-corrected chi connectivity index (χ3v) is 4.59. The summed E-state index contributed by atoms with van der Waals surface area (Å²) in [6.07, 6.45) is 3.58. The summed E-state index contributed by atoms with van der Waals surface area (Å²) in [5.74, 6) is 0. The molecule has 19 heavy (non-hydrogen) atoms. The molecule has 5 nitrogen and oxygen atoms in total. The van der Waals surface area contributed by atoms with Gasteiger partial charge in [0.25, 0.3) is 10.0 Å². The van der Waals surface area contributed by atoms with E-state index in [0.29, 0.717) is 12.3 Å². The van der Waals surface area contributed by atoms with Gasteiger partial charge in [0.05, 0.1) is 12.3 Å². The maximum atomic E-state index is 11.5. The van der Waals surface area contributed by atoms with E-state index in [0.717, 1.165) is 25.1 Å². The fraction of sp³-hybridized carbons (Fsp3) is 0.308. The van der Waals surface area contributed by atoms with Crippen molar-refractivity contribution in [3.63, 3.8) is 0 Å². The van der Waals surface area contributed by atoms with Crippen molar-refractivity contribution in [2.45, 2.75) is 12.8 Å². The minimum atomic E-state index is -3.60. The van der Waals surface area contributed by atoms with Gasteiger partial charge in [-0.15, -0.1) is 0 Å². The quantitative estimate of drug-likeness (QED) is 0.876. The molecule has 1 aromatic rings. The molecule has 0 unspecified atom stereocenters. The van der Waals surface area contributed by atoms with Gasteiger partial charge in [0, 0.05) is 12.2 Å². The lowest BCUT2D eigenvalue weighted by Gasteiger charge is -2.30. The van der Waals surface area contributed by atoms with Gasteiger partial charge in [0.15, 0.2) is 5.03 Å². The largest absolute Gasteiger partial charge is 0.388 e. The molecule has 0 bridgehead atoms. The molecule has 0 amide bonds. The van der Waals surface area contributed by atoms with Crippen LogP contribution in [0.3, 0.4) is 0 Å². The van der Waals surface area contributed by atoms with Crippen molar-refractivity contribution in [1.29, 1.82) is 0 Å². The van der Waals surface area contributed by atoms with Crippen LogP contribution < -0.4 is 10.6 Å². The average Bonchev–Trinajstić information content (AvgIpc) is 2.63. The molecule has 0 saturated heterocycles. The Bertz CT molecular complexity index is 677. The number of sulfonamides is 1. The maximum absolute atomic E-state index is 11.5. The number of rotatable bonds is 2. The predicted octanol–water partition coefficient (Wildman–Crippen LogP) is 1.02. The molecule has 2 heterocycles. The van der Waals surface area contributed by atoms with Gasteiger partial charge in [0.1, 0.15) is 0 Å². The summed E-state index contributed by atoms with van der Waals surface area (Å²) in [5.41, 5.74) is 8.41. The summed E-state index contributed by atoms with van der Waals surface area (Å²) in [6.45, 7) is 1.39. The van der Waals surface area contributed by atoms with Crippen LogP contribution in [0.2, 0.25) is 0 Å². The summed E-state index contributed by atoms with van der Waals surface area (Å²) in [5, 5.41) is -0.159. The molecule has 0 fully saturated rings. The standard InChI is InChI=1S/C13H15N3O2S/c14-13-8-11(15-19(13,17)18)9-16-7-3-5-10-4-1-2-6-12(10)16/h1-2,4,6,8H,3,5,7,9,14H2. The van der Waals surface area contributed by atoms with E-state index in [9.17, 15) is 8.42 Å². The number of aryl methyl sites for hydroxylation is 1. The first kappa shape index (κ1) is 12.2. The third-order valence-electron chi connectivity index (χ3n) is 3.40. The molecule has 3 rings (SSSR count). The summed E-state index contributed by atoms with van der Waals surface area (Å²) in [7, 11) is -3.60. The lowest BCUT2D eigenvalue weighted by atomic mass is 10.0. The van der Waals surface area contributed by atoms with E-state index in [1.165, 1.54) is 11.6 Å². The Morgan fingerprint density at radius 1 is 1.32 bits per heavy atom. The van der Waals surface area contributed by atoms with Gasteiger partial charge in [-0.3, -0.25) is 0 Å². The van der Waals surface area contributed by atoms with Crippen molar-refractivity contribution in [3.05, 3.63) is 40.9 Å². The van der Waals surface area contributed by atoms with Crippen molar-refractivity contribution in [3.8, 4) is 0 Å². The molecule has 1 aromatic carbocycles. The molecule has 2 N–H and O–H groups in total. The highest BCUT2D eigenvalue weighted by atomic mass is 32.2. The van der Waals surface area contributed by atoms with Crippen LogP contribution in [0.15, 0.2) is 39.8 Å². The molecule has 100 valence electrons. The van der Waals surface area contributed by atoms with Gasteiger partial charge in [-0.05, 0) is 30.5 Å². The van der Waals surface area contributed by atoms with E-state index in [1.54, 1.807) is 0 Å². The second kappa shape index (κ2) is 4.38. The minimum absolute atomic E-state index is 0.159. The number of anilines is 1. The molecule has 0 aromatic heterocycles. The van der Waals surface area contributed by atoms with Crippen LogP contribution in [0.5, 0.6) is 0 Å². The smallest absolute Gasteiger partial charge is 0.297 e. The first-order valence-corrected chi connectivity index (χ1v) is 7.64. The number of nitrogens with zero attached hydrogens (tertiary/aromatic N) is 2. The van der Waals surface area contributed by atoms with Crippen LogP contribution in [-0.4, -0.2) is 27.2 Å². The third kappa shape index (κ3) is 2.23. The first-order chi connectivity index (χ1) is 9.06. The predicted molar refractivity (Wildman–Crippen MR) is 75.6 cm³/mol. The van der Waals surface area contributed by atoms with E-state index in [2.05, 4.69) is 21.4 Å². The topological polar surface area (TPSA) is 75.8 Å². The van der Waals surface area contributed by atoms with E-state index in [1.807, 2.05) is 12.1 Å². The fourth-order valence-corrected chi connectivity index (χ4v) is 3.33. The lowest BCUT2D eigenvalue weighted by molar-refractivity contribution is 0.604. The van der Waals surface area contributed by atoms with Crippen LogP contribution in [-0.2, 0) is 16.4 Å². The number of nitrogens with two attached hydrogens (primary N) is 1. The zero-order chi connectivity index (χ0) is 13.5. The summed E-state index contributed by atoms with van der Waals surface area (Å²) < 4.78 is 26.6. The normalized spacial score (nSPS) is 20.7. The van der Waals surface area contributed by atoms with Crippen molar-refractivity contribution in [1.82, 2.24) is 0 Å². The Balaban J connectivity index is 1.87. The van der Waals surface area contributed by atoms with Crippen molar-refractivity contribution in [2.24, 2.45) is 10.1 Å². The Morgan fingerprint density at radius 3 is 2.84 bits per heavy atom. The molecule has 0 radical (unpaired) electrons. The second-order valence-electron chi connectivity index (χ2n) is 4.76. The number of para-hydroxylation sites is 1. The van der Waals surface area contributed by atoms with Crippen molar-refractivity contribution < 1.29 is 8.42 Å². The number of hydrogen-bond donors (Lipinski definition) is 1. The molecule has 0 saturated carbocycles. The van der Waals surface area contributed by atoms with Crippen molar-refractivity contribution in [2.75, 3.05) is 18.0 Å². The molecule has 0 spiro atoms. The minimum Gasteiger partial charge on any atom is -0.388 e. The monoisotopic (exact) mass is 277 g/mol. The van der Waals surface area contributed by atoms with Gasteiger partial charge in [0.2, 0.25) is 0 Å². The Morgan fingerprint density at radius 2 is 2.11 bits per heavy atom. The molecule has 2 aliphatic heterocycles. The van der Waals surface area contributed by atoms with E-state index < -0.39 is 10.0 Å². The molecule has 2 aliphatic rings. The molecular weight excluding hydrogens is 262 g/mol. The summed E-state index contributed by atoms with van der Waals surface area (Å²) >= 11 is 0. The van der Waals surface area contributed by atoms with Crippen molar-refractivity contribution >= 4 is 21.4 Å². The van der Waals surface area contributed by atoms with Crippen LogP contribution in [0.4, 0.5) is 5.69 Å².